The molecule has 1 saturated heterocycles. The summed E-state index contributed by atoms with van der Waals surface area (Å²) >= 11 is 0. The molecule has 0 radical (unpaired) electrons. The molecule has 4 rings (SSSR count). The summed E-state index contributed by atoms with van der Waals surface area (Å²) in [6.07, 6.45) is 3.25. The number of aliphatic hydroxyl groups excluding tert-OH is 1. The van der Waals surface area contributed by atoms with Crippen LogP contribution in [0.15, 0.2) is 72.6 Å². The third-order valence-corrected chi connectivity index (χ3v) is 5.89. The third kappa shape index (κ3) is 4.88. The van der Waals surface area contributed by atoms with Crippen LogP contribution in [0.1, 0.15) is 36.6 Å². The Hall–Kier alpha value is -4.33. The van der Waals surface area contributed by atoms with Gasteiger partial charge in [0.2, 0.25) is 0 Å². The van der Waals surface area contributed by atoms with E-state index in [0.717, 1.165) is 5.56 Å². The quantitative estimate of drug-likeness (QED) is 0.269. The van der Waals surface area contributed by atoms with Gasteiger partial charge in [-0.15, -0.1) is 0 Å². The number of hydrogen-bond acceptors (Lipinski definition) is 7. The molecule has 1 aliphatic rings. The predicted molar refractivity (Wildman–Crippen MR) is 134 cm³/mol. The van der Waals surface area contributed by atoms with E-state index in [1.807, 2.05) is 13.8 Å². The van der Waals surface area contributed by atoms with E-state index in [1.54, 1.807) is 74.1 Å². The first-order valence-electron chi connectivity index (χ1n) is 11.7. The minimum Gasteiger partial charge on any atom is -0.507 e. The van der Waals surface area contributed by atoms with E-state index in [4.69, 9.17) is 14.2 Å². The number of nitrogens with zero attached hydrogens (tertiary/aromatic N) is 2. The van der Waals surface area contributed by atoms with Crippen LogP contribution >= 0.6 is 0 Å². The average molecular weight is 489 g/mol. The molecule has 1 N–H and O–H groups in total. The van der Waals surface area contributed by atoms with Crippen molar-refractivity contribution in [3.63, 3.8) is 0 Å². The first kappa shape index (κ1) is 24.8. The lowest BCUT2D eigenvalue weighted by molar-refractivity contribution is -0.140. The molecule has 1 aromatic heterocycles. The van der Waals surface area contributed by atoms with Gasteiger partial charge in [0, 0.05) is 24.5 Å². The van der Waals surface area contributed by atoms with Crippen molar-refractivity contribution in [2.75, 3.05) is 20.3 Å². The van der Waals surface area contributed by atoms with Crippen molar-refractivity contribution >= 4 is 17.4 Å². The molecule has 2 heterocycles. The molecule has 0 spiro atoms. The topological polar surface area (TPSA) is 98.2 Å². The van der Waals surface area contributed by atoms with E-state index in [-0.39, 0.29) is 17.9 Å². The number of aromatic nitrogens is 1. The zero-order chi connectivity index (χ0) is 25.7. The zero-order valence-electron chi connectivity index (χ0n) is 20.4. The van der Waals surface area contributed by atoms with Gasteiger partial charge in [-0.2, -0.15) is 0 Å². The van der Waals surface area contributed by atoms with Crippen molar-refractivity contribution < 1.29 is 28.9 Å². The Balaban J connectivity index is 1.87. The number of methoxy groups -OCH3 is 1. The first-order valence-corrected chi connectivity index (χ1v) is 11.7. The van der Waals surface area contributed by atoms with Crippen molar-refractivity contribution in [2.24, 2.45) is 0 Å². The fraction of sp³-hybridized carbons (Fsp3) is 0.250. The molecule has 36 heavy (non-hydrogen) atoms. The van der Waals surface area contributed by atoms with Crippen LogP contribution in [-0.4, -0.2) is 47.0 Å². The van der Waals surface area contributed by atoms with Gasteiger partial charge in [-0.3, -0.25) is 14.6 Å². The van der Waals surface area contributed by atoms with Crippen molar-refractivity contribution in [1.82, 2.24) is 9.88 Å². The highest BCUT2D eigenvalue weighted by atomic mass is 16.5. The van der Waals surface area contributed by atoms with Crippen molar-refractivity contribution in [1.29, 1.82) is 0 Å². The van der Waals surface area contributed by atoms with Crippen LogP contribution in [0.25, 0.3) is 5.76 Å². The van der Waals surface area contributed by atoms with Gasteiger partial charge in [0.05, 0.1) is 31.9 Å². The highest BCUT2D eigenvalue weighted by Gasteiger charge is 2.46. The second-order valence-corrected chi connectivity index (χ2v) is 8.08. The number of benzene rings is 2. The summed E-state index contributed by atoms with van der Waals surface area (Å²) in [4.78, 5) is 32.0. The van der Waals surface area contributed by atoms with Crippen LogP contribution in [-0.2, 0) is 16.1 Å². The average Bonchev–Trinajstić information content (AvgIpc) is 3.15. The second kappa shape index (κ2) is 10.9. The Morgan fingerprint density at radius 1 is 0.944 bits per heavy atom. The third-order valence-electron chi connectivity index (χ3n) is 5.89. The largest absolute Gasteiger partial charge is 0.507 e. The number of amides is 1. The maximum atomic E-state index is 13.3. The standard InChI is InChI=1S/C28H28N2O6/c1-4-35-22-11-8-20(16-23(22)36-5-2)25-24(26(31)19-6-9-21(34-3)10-7-19)27(32)28(33)30(25)17-18-12-14-29-15-13-18/h6-16,25,31H,4-5,17H2,1-3H3/b26-24+. The Morgan fingerprint density at radius 2 is 1.61 bits per heavy atom. The zero-order valence-corrected chi connectivity index (χ0v) is 20.4. The number of Topliss-reactive ketones (excluding diaryl/α,β-unsaturated/α-hetero) is 1. The molecule has 1 atom stereocenters. The number of hydrogen-bond donors (Lipinski definition) is 1. The number of carbonyl (C=O) groups is 2. The van der Waals surface area contributed by atoms with Gasteiger partial charge >= 0.3 is 0 Å². The number of pyridine rings is 1. The van der Waals surface area contributed by atoms with E-state index >= 15 is 0 Å². The Bertz CT molecular complexity index is 1270. The SMILES string of the molecule is CCOc1ccc(C2/C(=C(\O)c3ccc(OC)cc3)C(=O)C(=O)N2Cc2ccncc2)cc1OCC. The number of ketones is 1. The molecule has 0 aliphatic carbocycles. The highest BCUT2D eigenvalue weighted by molar-refractivity contribution is 6.46. The molecule has 8 heteroatoms. The van der Waals surface area contributed by atoms with Crippen molar-refractivity contribution in [3.05, 3.63) is 89.3 Å². The molecule has 1 fully saturated rings. The van der Waals surface area contributed by atoms with E-state index in [0.29, 0.717) is 41.6 Å². The van der Waals surface area contributed by atoms with E-state index < -0.39 is 17.7 Å². The van der Waals surface area contributed by atoms with Crippen LogP contribution in [0, 0.1) is 0 Å². The minimum absolute atomic E-state index is 0.00540. The smallest absolute Gasteiger partial charge is 0.295 e. The van der Waals surface area contributed by atoms with Crippen LogP contribution < -0.4 is 14.2 Å². The molecule has 1 unspecified atom stereocenters. The van der Waals surface area contributed by atoms with Gasteiger partial charge < -0.3 is 24.2 Å². The highest BCUT2D eigenvalue weighted by Crippen LogP contribution is 2.42. The Morgan fingerprint density at radius 3 is 2.25 bits per heavy atom. The molecule has 3 aromatic rings. The van der Waals surface area contributed by atoms with Gasteiger partial charge in [-0.25, -0.2) is 0 Å². The molecular formula is C28H28N2O6. The molecular weight excluding hydrogens is 460 g/mol. The number of rotatable bonds is 9. The molecule has 1 amide bonds. The van der Waals surface area contributed by atoms with E-state index in [2.05, 4.69) is 4.98 Å². The monoisotopic (exact) mass is 488 g/mol. The van der Waals surface area contributed by atoms with Gasteiger partial charge in [0.25, 0.3) is 11.7 Å². The Labute approximate surface area is 209 Å². The van der Waals surface area contributed by atoms with Gasteiger partial charge in [0.1, 0.15) is 11.5 Å². The summed E-state index contributed by atoms with van der Waals surface area (Å²) in [5, 5.41) is 11.3. The van der Waals surface area contributed by atoms with Crippen LogP contribution in [0.2, 0.25) is 0 Å². The Kier molecular flexibility index (Phi) is 7.53. The number of aliphatic hydroxyl groups is 1. The molecule has 0 saturated carbocycles. The predicted octanol–water partition coefficient (Wildman–Crippen LogP) is 4.51. The van der Waals surface area contributed by atoms with Crippen molar-refractivity contribution in [3.8, 4) is 17.2 Å². The minimum atomic E-state index is -0.838. The van der Waals surface area contributed by atoms with Crippen LogP contribution in [0.5, 0.6) is 17.2 Å². The number of ether oxygens (including phenoxy) is 3. The van der Waals surface area contributed by atoms with Crippen LogP contribution in [0.4, 0.5) is 0 Å². The maximum Gasteiger partial charge on any atom is 0.295 e. The maximum absolute atomic E-state index is 13.3. The summed E-state index contributed by atoms with van der Waals surface area (Å²) in [7, 11) is 1.54. The summed E-state index contributed by atoms with van der Waals surface area (Å²) in [6.45, 7) is 4.77. The number of carbonyl (C=O) groups excluding carboxylic acids is 2. The lowest BCUT2D eigenvalue weighted by Gasteiger charge is -2.26. The normalized spacial score (nSPS) is 16.8. The molecule has 8 nitrogen and oxygen atoms in total. The fourth-order valence-corrected chi connectivity index (χ4v) is 4.22. The molecule has 186 valence electrons. The lowest BCUT2D eigenvalue weighted by atomic mass is 9.94. The molecule has 2 aromatic carbocycles. The summed E-state index contributed by atoms with van der Waals surface area (Å²) in [6, 6.07) is 14.7. The molecule has 1 aliphatic heterocycles. The van der Waals surface area contributed by atoms with Crippen LogP contribution in [0.3, 0.4) is 0 Å². The summed E-state index contributed by atoms with van der Waals surface area (Å²) < 4.78 is 16.7. The summed E-state index contributed by atoms with van der Waals surface area (Å²) in [5.74, 6) is -0.0488. The first-order chi connectivity index (χ1) is 17.5. The van der Waals surface area contributed by atoms with E-state index in [1.165, 1.54) is 4.90 Å². The lowest BCUT2D eigenvalue weighted by Crippen LogP contribution is -2.29. The van der Waals surface area contributed by atoms with Gasteiger partial charge in [0.15, 0.2) is 11.5 Å². The molecule has 0 bridgehead atoms. The van der Waals surface area contributed by atoms with Gasteiger partial charge in [-0.05, 0) is 73.5 Å². The number of likely N-dealkylation sites (tertiary alicyclic amines) is 1. The second-order valence-electron chi connectivity index (χ2n) is 8.08. The summed E-state index contributed by atoms with van der Waals surface area (Å²) in [5.41, 5.74) is 1.83. The van der Waals surface area contributed by atoms with Crippen molar-refractivity contribution in [2.45, 2.75) is 26.4 Å². The van der Waals surface area contributed by atoms with Gasteiger partial charge in [-0.1, -0.05) is 6.07 Å². The van der Waals surface area contributed by atoms with E-state index in [9.17, 15) is 14.7 Å². The fourth-order valence-electron chi connectivity index (χ4n) is 4.22.